The van der Waals surface area contributed by atoms with Crippen LogP contribution in [0.25, 0.3) is 0 Å². The highest BCUT2D eigenvalue weighted by atomic mass is 16.1. The van der Waals surface area contributed by atoms with Crippen molar-refractivity contribution in [1.29, 1.82) is 0 Å². The lowest BCUT2D eigenvalue weighted by Gasteiger charge is -2.05. The number of anilines is 1. The standard InChI is InChI=1S/C11H19N3O/c1-3-4-5-6-7-12-10-11(15)14(2)9-8-13-10/h8-9H,3-7H2,1-2H3,(H,12,13). The predicted molar refractivity (Wildman–Crippen MR) is 62.1 cm³/mol. The van der Waals surface area contributed by atoms with E-state index in [1.165, 1.54) is 23.8 Å². The molecule has 1 rings (SSSR count). The van der Waals surface area contributed by atoms with Crippen molar-refractivity contribution < 1.29 is 0 Å². The van der Waals surface area contributed by atoms with Crippen LogP contribution in [0.3, 0.4) is 0 Å². The molecule has 15 heavy (non-hydrogen) atoms. The lowest BCUT2D eigenvalue weighted by Crippen LogP contribution is -2.22. The van der Waals surface area contributed by atoms with Crippen molar-refractivity contribution in [2.75, 3.05) is 11.9 Å². The summed E-state index contributed by atoms with van der Waals surface area (Å²) in [4.78, 5) is 15.5. The zero-order valence-corrected chi connectivity index (χ0v) is 9.49. The van der Waals surface area contributed by atoms with Crippen LogP contribution in [0.1, 0.15) is 32.6 Å². The number of hydrogen-bond donors (Lipinski definition) is 1. The first-order chi connectivity index (χ1) is 7.25. The highest BCUT2D eigenvalue weighted by molar-refractivity contribution is 5.30. The Balaban J connectivity index is 2.38. The quantitative estimate of drug-likeness (QED) is 0.726. The molecular formula is C11H19N3O. The minimum atomic E-state index is -0.0620. The maximum atomic E-state index is 11.5. The van der Waals surface area contributed by atoms with E-state index < -0.39 is 0 Å². The third kappa shape index (κ3) is 3.73. The van der Waals surface area contributed by atoms with Gasteiger partial charge in [0.2, 0.25) is 0 Å². The molecule has 0 atom stereocenters. The average Bonchev–Trinajstić information content (AvgIpc) is 2.24. The Kier molecular flexibility index (Phi) is 4.87. The van der Waals surface area contributed by atoms with Gasteiger partial charge >= 0.3 is 0 Å². The molecule has 0 saturated heterocycles. The van der Waals surface area contributed by atoms with E-state index in [9.17, 15) is 4.79 Å². The second kappa shape index (κ2) is 6.22. The van der Waals surface area contributed by atoms with Crippen molar-refractivity contribution >= 4 is 5.82 Å². The molecule has 1 heterocycles. The maximum Gasteiger partial charge on any atom is 0.293 e. The van der Waals surface area contributed by atoms with E-state index in [-0.39, 0.29) is 5.56 Å². The van der Waals surface area contributed by atoms with E-state index in [0.717, 1.165) is 13.0 Å². The van der Waals surface area contributed by atoms with Crippen LogP contribution < -0.4 is 10.9 Å². The zero-order chi connectivity index (χ0) is 11.1. The number of unbranched alkanes of at least 4 members (excludes halogenated alkanes) is 3. The van der Waals surface area contributed by atoms with Gasteiger partial charge in [-0.05, 0) is 6.42 Å². The van der Waals surface area contributed by atoms with E-state index in [1.807, 2.05) is 0 Å². The number of aromatic nitrogens is 2. The van der Waals surface area contributed by atoms with Crippen LogP contribution in [0.2, 0.25) is 0 Å². The average molecular weight is 209 g/mol. The molecule has 0 aromatic carbocycles. The Labute approximate surface area is 90.3 Å². The molecule has 84 valence electrons. The van der Waals surface area contributed by atoms with E-state index in [4.69, 9.17) is 0 Å². The number of nitrogens with one attached hydrogen (secondary N) is 1. The van der Waals surface area contributed by atoms with Crippen LogP contribution in [-0.4, -0.2) is 16.1 Å². The Hall–Kier alpha value is -1.32. The van der Waals surface area contributed by atoms with Crippen molar-refractivity contribution in [1.82, 2.24) is 9.55 Å². The number of nitrogens with zero attached hydrogens (tertiary/aromatic N) is 2. The number of aryl methyl sites for hydroxylation is 1. The summed E-state index contributed by atoms with van der Waals surface area (Å²) < 4.78 is 1.53. The first kappa shape index (κ1) is 11.8. The zero-order valence-electron chi connectivity index (χ0n) is 9.49. The third-order valence-corrected chi connectivity index (χ3v) is 2.34. The maximum absolute atomic E-state index is 11.5. The van der Waals surface area contributed by atoms with Crippen molar-refractivity contribution in [2.24, 2.45) is 7.05 Å². The molecule has 0 unspecified atom stereocenters. The van der Waals surface area contributed by atoms with Crippen LogP contribution in [0.5, 0.6) is 0 Å². The largest absolute Gasteiger partial charge is 0.365 e. The van der Waals surface area contributed by atoms with Gasteiger partial charge in [-0.1, -0.05) is 26.2 Å². The first-order valence-corrected chi connectivity index (χ1v) is 5.51. The smallest absolute Gasteiger partial charge is 0.293 e. The van der Waals surface area contributed by atoms with Gasteiger partial charge in [0.25, 0.3) is 5.56 Å². The van der Waals surface area contributed by atoms with Crippen molar-refractivity contribution in [2.45, 2.75) is 32.6 Å². The molecule has 4 heteroatoms. The summed E-state index contributed by atoms with van der Waals surface area (Å²) in [7, 11) is 1.73. The minimum absolute atomic E-state index is 0.0620. The fourth-order valence-corrected chi connectivity index (χ4v) is 1.38. The van der Waals surface area contributed by atoms with Gasteiger partial charge in [0.05, 0.1) is 0 Å². The van der Waals surface area contributed by atoms with Crippen molar-refractivity contribution in [3.63, 3.8) is 0 Å². The van der Waals surface area contributed by atoms with Gasteiger partial charge in [0, 0.05) is 26.0 Å². The van der Waals surface area contributed by atoms with Crippen LogP contribution in [0.4, 0.5) is 5.82 Å². The molecule has 0 fully saturated rings. The molecule has 0 amide bonds. The molecule has 0 spiro atoms. The molecule has 0 radical (unpaired) electrons. The Bertz CT molecular complexity index is 346. The molecular weight excluding hydrogens is 190 g/mol. The summed E-state index contributed by atoms with van der Waals surface area (Å²) in [5, 5.41) is 3.07. The minimum Gasteiger partial charge on any atom is -0.365 e. The van der Waals surface area contributed by atoms with Crippen molar-refractivity contribution in [3.8, 4) is 0 Å². The van der Waals surface area contributed by atoms with Crippen LogP contribution >= 0.6 is 0 Å². The van der Waals surface area contributed by atoms with Crippen LogP contribution in [0.15, 0.2) is 17.2 Å². The second-order valence-corrected chi connectivity index (χ2v) is 3.68. The SMILES string of the molecule is CCCCCCNc1nccn(C)c1=O. The van der Waals surface area contributed by atoms with Gasteiger partial charge in [-0.25, -0.2) is 4.98 Å². The third-order valence-electron chi connectivity index (χ3n) is 2.34. The molecule has 1 N–H and O–H groups in total. The van der Waals surface area contributed by atoms with Crippen LogP contribution in [0, 0.1) is 0 Å². The molecule has 4 nitrogen and oxygen atoms in total. The van der Waals surface area contributed by atoms with E-state index in [0.29, 0.717) is 5.82 Å². The van der Waals surface area contributed by atoms with Gasteiger partial charge in [-0.2, -0.15) is 0 Å². The summed E-state index contributed by atoms with van der Waals surface area (Å²) in [5.74, 6) is 0.455. The van der Waals surface area contributed by atoms with Crippen LogP contribution in [-0.2, 0) is 7.05 Å². The number of hydrogen-bond acceptors (Lipinski definition) is 3. The molecule has 0 aliphatic carbocycles. The van der Waals surface area contributed by atoms with Gasteiger partial charge in [-0.15, -0.1) is 0 Å². The summed E-state index contributed by atoms with van der Waals surface area (Å²) >= 11 is 0. The number of rotatable bonds is 6. The Morgan fingerprint density at radius 3 is 2.93 bits per heavy atom. The second-order valence-electron chi connectivity index (χ2n) is 3.68. The normalized spacial score (nSPS) is 10.3. The lowest BCUT2D eigenvalue weighted by molar-refractivity contribution is 0.683. The topological polar surface area (TPSA) is 46.9 Å². The summed E-state index contributed by atoms with van der Waals surface area (Å²) in [6, 6.07) is 0. The molecule has 0 bridgehead atoms. The molecule has 1 aromatic heterocycles. The summed E-state index contributed by atoms with van der Waals surface area (Å²) in [6.07, 6.45) is 8.07. The van der Waals surface area contributed by atoms with Gasteiger partial charge < -0.3 is 9.88 Å². The molecule has 0 aliphatic rings. The van der Waals surface area contributed by atoms with Gasteiger partial charge in [-0.3, -0.25) is 4.79 Å². The Morgan fingerprint density at radius 2 is 2.20 bits per heavy atom. The predicted octanol–water partition coefficient (Wildman–Crippen LogP) is 1.77. The molecule has 0 aliphatic heterocycles. The van der Waals surface area contributed by atoms with Gasteiger partial charge in [0.1, 0.15) is 0 Å². The molecule has 0 saturated carbocycles. The summed E-state index contributed by atoms with van der Waals surface area (Å²) in [6.45, 7) is 3.01. The summed E-state index contributed by atoms with van der Waals surface area (Å²) in [5.41, 5.74) is -0.0620. The highest BCUT2D eigenvalue weighted by Gasteiger charge is 2.00. The molecule has 1 aromatic rings. The van der Waals surface area contributed by atoms with E-state index >= 15 is 0 Å². The van der Waals surface area contributed by atoms with Crippen molar-refractivity contribution in [3.05, 3.63) is 22.7 Å². The Morgan fingerprint density at radius 1 is 1.40 bits per heavy atom. The monoisotopic (exact) mass is 209 g/mol. The lowest BCUT2D eigenvalue weighted by atomic mass is 10.2. The fraction of sp³-hybridized carbons (Fsp3) is 0.636. The fourth-order valence-electron chi connectivity index (χ4n) is 1.38. The van der Waals surface area contributed by atoms with Gasteiger partial charge in [0.15, 0.2) is 5.82 Å². The van der Waals surface area contributed by atoms with E-state index in [1.54, 1.807) is 19.4 Å². The van der Waals surface area contributed by atoms with E-state index in [2.05, 4.69) is 17.2 Å². The highest BCUT2D eigenvalue weighted by Crippen LogP contribution is 1.99. The first-order valence-electron chi connectivity index (χ1n) is 5.51.